The van der Waals surface area contributed by atoms with E-state index in [9.17, 15) is 8.42 Å². The van der Waals surface area contributed by atoms with Gasteiger partial charge in [-0.2, -0.15) is 0 Å². The van der Waals surface area contributed by atoms with E-state index >= 15 is 0 Å². The van der Waals surface area contributed by atoms with Gasteiger partial charge in [0, 0.05) is 11.6 Å². The third-order valence-electron chi connectivity index (χ3n) is 1.85. The van der Waals surface area contributed by atoms with E-state index in [1.54, 1.807) is 24.3 Å². The van der Waals surface area contributed by atoms with Crippen LogP contribution in [0.15, 0.2) is 39.8 Å². The van der Waals surface area contributed by atoms with Crippen LogP contribution in [0.2, 0.25) is 0 Å². The number of benzene rings is 1. The van der Waals surface area contributed by atoms with Crippen molar-refractivity contribution in [3.05, 3.63) is 30.5 Å². The molecule has 0 spiro atoms. The summed E-state index contributed by atoms with van der Waals surface area (Å²) in [5, 5.41) is 0.808. The lowest BCUT2D eigenvalue weighted by Crippen LogP contribution is -1.95. The summed E-state index contributed by atoms with van der Waals surface area (Å²) in [7, 11) is -3.11. The lowest BCUT2D eigenvalue weighted by atomic mass is 10.3. The molecule has 0 aliphatic rings. The Bertz CT molecular complexity index is 538. The summed E-state index contributed by atoms with van der Waals surface area (Å²) in [6.45, 7) is 4.00. The van der Waals surface area contributed by atoms with Gasteiger partial charge in [-0.3, -0.25) is 0 Å². The summed E-state index contributed by atoms with van der Waals surface area (Å²) < 4.78 is 27.4. The molecule has 0 fully saturated rings. The van der Waals surface area contributed by atoms with Gasteiger partial charge < -0.3 is 4.42 Å². The highest BCUT2D eigenvalue weighted by molar-refractivity contribution is 7.90. The third-order valence-corrected chi connectivity index (χ3v) is 2.96. The molecule has 1 aromatic carbocycles. The van der Waals surface area contributed by atoms with Crippen molar-refractivity contribution < 1.29 is 12.8 Å². The molecule has 1 aromatic heterocycles. The zero-order chi connectivity index (χ0) is 11.5. The van der Waals surface area contributed by atoms with Crippen LogP contribution in [-0.2, 0) is 9.84 Å². The molecule has 3 nitrogen and oxygen atoms in total. The maximum Gasteiger partial charge on any atom is 0.175 e. The van der Waals surface area contributed by atoms with Crippen LogP contribution in [0.4, 0.5) is 0 Å². The van der Waals surface area contributed by atoms with Gasteiger partial charge in [0.15, 0.2) is 9.84 Å². The minimum atomic E-state index is -3.11. The number of rotatable bonds is 1. The molecule has 1 heterocycles. The normalized spacial score (nSPS) is 10.9. The summed E-state index contributed by atoms with van der Waals surface area (Å²) in [6, 6.07) is 6.55. The zero-order valence-corrected chi connectivity index (χ0v) is 9.84. The molecule has 15 heavy (non-hydrogen) atoms. The molecule has 0 saturated heterocycles. The molecule has 0 bridgehead atoms. The second-order valence-corrected chi connectivity index (χ2v) is 4.91. The van der Waals surface area contributed by atoms with Crippen LogP contribution in [0.5, 0.6) is 0 Å². The van der Waals surface area contributed by atoms with Gasteiger partial charge in [-0.1, -0.05) is 13.8 Å². The fourth-order valence-electron chi connectivity index (χ4n) is 1.18. The average molecular weight is 226 g/mol. The molecule has 0 atom stereocenters. The van der Waals surface area contributed by atoms with Crippen molar-refractivity contribution in [1.82, 2.24) is 0 Å². The van der Waals surface area contributed by atoms with Crippen molar-refractivity contribution >= 4 is 20.8 Å². The number of hydrogen-bond donors (Lipinski definition) is 0. The van der Waals surface area contributed by atoms with Gasteiger partial charge in [0.2, 0.25) is 0 Å². The largest absolute Gasteiger partial charge is 0.464 e. The Labute approximate surface area is 89.6 Å². The van der Waals surface area contributed by atoms with E-state index < -0.39 is 9.84 Å². The van der Waals surface area contributed by atoms with Gasteiger partial charge >= 0.3 is 0 Å². The molecule has 0 saturated carbocycles. The predicted octanol–water partition coefficient (Wildman–Crippen LogP) is 2.86. The lowest BCUT2D eigenvalue weighted by Gasteiger charge is -1.96. The van der Waals surface area contributed by atoms with E-state index in [0.717, 1.165) is 5.39 Å². The average Bonchev–Trinajstić information content (AvgIpc) is 2.66. The highest BCUT2D eigenvalue weighted by atomic mass is 32.2. The monoisotopic (exact) mass is 226 g/mol. The van der Waals surface area contributed by atoms with Crippen molar-refractivity contribution in [3.63, 3.8) is 0 Å². The standard InChI is InChI=1S/C9H8O3S.C2H6/c1-13(10,11)8-2-3-9-7(6-8)4-5-12-9;1-2/h2-6H,1H3;1-2H3. The Hall–Kier alpha value is -1.29. The second kappa shape index (κ2) is 4.49. The highest BCUT2D eigenvalue weighted by Gasteiger charge is 2.07. The van der Waals surface area contributed by atoms with Crippen molar-refractivity contribution in [2.45, 2.75) is 18.7 Å². The summed E-state index contributed by atoms with van der Waals surface area (Å²) in [4.78, 5) is 0.321. The quantitative estimate of drug-likeness (QED) is 0.751. The van der Waals surface area contributed by atoms with Gasteiger partial charge in [-0.15, -0.1) is 0 Å². The summed E-state index contributed by atoms with van der Waals surface area (Å²) in [5.74, 6) is 0. The van der Waals surface area contributed by atoms with Crippen LogP contribution >= 0.6 is 0 Å². The van der Waals surface area contributed by atoms with Gasteiger partial charge in [0.05, 0.1) is 11.2 Å². The van der Waals surface area contributed by atoms with Gasteiger partial charge in [0.25, 0.3) is 0 Å². The maximum absolute atomic E-state index is 11.2. The van der Waals surface area contributed by atoms with Crippen molar-refractivity contribution in [3.8, 4) is 0 Å². The fraction of sp³-hybridized carbons (Fsp3) is 0.273. The first kappa shape index (κ1) is 11.8. The number of fused-ring (bicyclic) bond motifs is 1. The molecule has 0 amide bonds. The lowest BCUT2D eigenvalue weighted by molar-refractivity contribution is 0.601. The number of hydrogen-bond acceptors (Lipinski definition) is 3. The van der Waals surface area contributed by atoms with E-state index in [0.29, 0.717) is 10.5 Å². The minimum absolute atomic E-state index is 0.321. The molecule has 0 aliphatic carbocycles. The zero-order valence-electron chi connectivity index (χ0n) is 9.02. The maximum atomic E-state index is 11.2. The molecule has 2 aromatic rings. The van der Waals surface area contributed by atoms with Gasteiger partial charge in [-0.05, 0) is 24.3 Å². The van der Waals surface area contributed by atoms with E-state index in [1.165, 1.54) is 12.5 Å². The second-order valence-electron chi connectivity index (χ2n) is 2.89. The Kier molecular flexibility index (Phi) is 3.52. The van der Waals surface area contributed by atoms with Crippen molar-refractivity contribution in [2.24, 2.45) is 0 Å². The van der Waals surface area contributed by atoms with E-state index in [4.69, 9.17) is 4.42 Å². The molecule has 0 aliphatic heterocycles. The SMILES string of the molecule is CC.CS(=O)(=O)c1ccc2occc2c1. The first-order valence-electron chi connectivity index (χ1n) is 4.75. The third kappa shape index (κ3) is 2.59. The highest BCUT2D eigenvalue weighted by Crippen LogP contribution is 2.19. The molecular formula is C11H14O3S. The van der Waals surface area contributed by atoms with Crippen molar-refractivity contribution in [2.75, 3.05) is 6.26 Å². The van der Waals surface area contributed by atoms with E-state index in [1.807, 2.05) is 13.8 Å². The van der Waals surface area contributed by atoms with E-state index in [-0.39, 0.29) is 0 Å². The smallest absolute Gasteiger partial charge is 0.175 e. The first-order valence-corrected chi connectivity index (χ1v) is 6.64. The summed E-state index contributed by atoms with van der Waals surface area (Å²) in [6.07, 6.45) is 2.73. The molecule has 2 rings (SSSR count). The van der Waals surface area contributed by atoms with Crippen LogP contribution in [0.1, 0.15) is 13.8 Å². The molecule has 0 unspecified atom stereocenters. The van der Waals surface area contributed by atoms with Gasteiger partial charge in [0.1, 0.15) is 5.58 Å². The van der Waals surface area contributed by atoms with Crippen LogP contribution in [-0.4, -0.2) is 14.7 Å². The number of furan rings is 1. The summed E-state index contributed by atoms with van der Waals surface area (Å²) in [5.41, 5.74) is 0.701. The van der Waals surface area contributed by atoms with Crippen molar-refractivity contribution in [1.29, 1.82) is 0 Å². The van der Waals surface area contributed by atoms with Crippen LogP contribution in [0.25, 0.3) is 11.0 Å². The molecule has 0 radical (unpaired) electrons. The van der Waals surface area contributed by atoms with Crippen LogP contribution in [0, 0.1) is 0 Å². The minimum Gasteiger partial charge on any atom is -0.464 e. The number of sulfone groups is 1. The predicted molar refractivity (Wildman–Crippen MR) is 60.7 cm³/mol. The topological polar surface area (TPSA) is 47.3 Å². The van der Waals surface area contributed by atoms with E-state index in [2.05, 4.69) is 0 Å². The Morgan fingerprint density at radius 2 is 1.80 bits per heavy atom. The summed E-state index contributed by atoms with van der Waals surface area (Å²) >= 11 is 0. The Morgan fingerprint density at radius 1 is 1.13 bits per heavy atom. The fourth-order valence-corrected chi connectivity index (χ4v) is 1.83. The molecule has 82 valence electrons. The Morgan fingerprint density at radius 3 is 2.40 bits per heavy atom. The van der Waals surface area contributed by atoms with Crippen LogP contribution < -0.4 is 0 Å². The molecular weight excluding hydrogens is 212 g/mol. The van der Waals surface area contributed by atoms with Gasteiger partial charge in [-0.25, -0.2) is 8.42 Å². The first-order chi connectivity index (χ1) is 7.07. The Balaban J connectivity index is 0.000000531. The molecule has 0 N–H and O–H groups in total. The van der Waals surface area contributed by atoms with Crippen LogP contribution in [0.3, 0.4) is 0 Å². The molecule has 4 heteroatoms.